The van der Waals surface area contributed by atoms with Crippen LogP contribution in [0.15, 0.2) is 170 Å². The predicted molar refractivity (Wildman–Crippen MR) is 320 cm³/mol. The lowest BCUT2D eigenvalue weighted by atomic mass is 10.1. The average molecular weight is 1020 g/mol. The smallest absolute Gasteiger partial charge is 0.306 e. The van der Waals surface area contributed by atoms with E-state index in [4.69, 9.17) is 14.2 Å². The molecule has 0 aromatic heterocycles. The first-order chi connectivity index (χ1) is 36.5. The molecule has 0 aromatic carbocycles. The van der Waals surface area contributed by atoms with E-state index in [0.717, 1.165) is 135 Å². The molecule has 0 aliphatic heterocycles. The van der Waals surface area contributed by atoms with Crippen molar-refractivity contribution in [2.75, 3.05) is 13.2 Å². The van der Waals surface area contributed by atoms with E-state index in [1.165, 1.54) is 32.1 Å². The van der Waals surface area contributed by atoms with Crippen molar-refractivity contribution in [3.63, 3.8) is 0 Å². The van der Waals surface area contributed by atoms with Crippen molar-refractivity contribution in [2.45, 2.75) is 226 Å². The average Bonchev–Trinajstić information content (AvgIpc) is 3.40. The zero-order chi connectivity index (χ0) is 53.6. The molecular formula is C68H104O6. The minimum absolute atomic E-state index is 0.125. The fraction of sp³-hybridized carbons (Fsp3) is 0.544. The van der Waals surface area contributed by atoms with Gasteiger partial charge in [0.05, 0.1) is 0 Å². The maximum Gasteiger partial charge on any atom is 0.306 e. The van der Waals surface area contributed by atoms with Crippen molar-refractivity contribution >= 4 is 17.9 Å². The first-order valence-corrected chi connectivity index (χ1v) is 29.1. The van der Waals surface area contributed by atoms with E-state index in [1.807, 2.05) is 0 Å². The Hall–Kier alpha value is -5.23. The quantitative estimate of drug-likeness (QED) is 0.0261. The summed E-state index contributed by atoms with van der Waals surface area (Å²) in [6.45, 7) is 6.27. The second-order valence-electron chi connectivity index (χ2n) is 18.4. The molecule has 0 radical (unpaired) electrons. The second-order valence-corrected chi connectivity index (χ2v) is 18.4. The number of ether oxygens (including phenoxy) is 3. The molecule has 74 heavy (non-hydrogen) atoms. The predicted octanol–water partition coefficient (Wildman–Crippen LogP) is 19.9. The highest BCUT2D eigenvalue weighted by Gasteiger charge is 2.19. The Labute approximate surface area is 453 Å². The Morgan fingerprint density at radius 2 is 0.541 bits per heavy atom. The Kier molecular flexibility index (Phi) is 56.1. The first kappa shape index (κ1) is 68.8. The lowest BCUT2D eigenvalue weighted by Crippen LogP contribution is -2.30. The summed E-state index contributed by atoms with van der Waals surface area (Å²) in [5, 5.41) is 0. The van der Waals surface area contributed by atoms with Crippen molar-refractivity contribution in [1.82, 2.24) is 0 Å². The van der Waals surface area contributed by atoms with Gasteiger partial charge in [-0.15, -0.1) is 0 Å². The molecule has 0 fully saturated rings. The highest BCUT2D eigenvalue weighted by atomic mass is 16.6. The summed E-state index contributed by atoms with van der Waals surface area (Å²) in [7, 11) is 0. The lowest BCUT2D eigenvalue weighted by molar-refractivity contribution is -0.167. The number of unbranched alkanes of at least 4 members (excludes halogenated alkanes) is 11. The molecule has 1 unspecified atom stereocenters. The molecule has 0 aliphatic rings. The van der Waals surface area contributed by atoms with E-state index in [1.54, 1.807) is 0 Å². The molecule has 1 atom stereocenters. The third-order valence-corrected chi connectivity index (χ3v) is 11.4. The third kappa shape index (κ3) is 57.7. The lowest BCUT2D eigenvalue weighted by Gasteiger charge is -2.18. The molecule has 0 rings (SSSR count). The zero-order valence-electron chi connectivity index (χ0n) is 47.0. The van der Waals surface area contributed by atoms with Gasteiger partial charge in [0.2, 0.25) is 0 Å². The SMILES string of the molecule is CC/C=C\C/C=C\C/C=C\C/C=C\C/C=C\C/C=C\C/C=C\C/C=C\C/C=C\CCCC(=O)OCC(COC(=O)CCCCCCC/C=C\CCCCC)OC(=O)CCCC/C=C\C/C=C\C/C=C\C/C=C\CC. The zero-order valence-corrected chi connectivity index (χ0v) is 47.0. The summed E-state index contributed by atoms with van der Waals surface area (Å²) in [6, 6.07) is 0. The van der Waals surface area contributed by atoms with Gasteiger partial charge in [0.15, 0.2) is 6.10 Å². The van der Waals surface area contributed by atoms with Gasteiger partial charge >= 0.3 is 17.9 Å². The van der Waals surface area contributed by atoms with Gasteiger partial charge in [0, 0.05) is 19.3 Å². The molecule has 0 heterocycles. The van der Waals surface area contributed by atoms with Gasteiger partial charge in [-0.25, -0.2) is 0 Å². The largest absolute Gasteiger partial charge is 0.462 e. The molecular weight excluding hydrogens is 913 g/mol. The molecule has 0 aliphatic carbocycles. The van der Waals surface area contributed by atoms with Crippen LogP contribution in [0.25, 0.3) is 0 Å². The Balaban J connectivity index is 4.49. The van der Waals surface area contributed by atoms with Gasteiger partial charge in [-0.1, -0.05) is 223 Å². The van der Waals surface area contributed by atoms with Crippen LogP contribution in [-0.2, 0) is 28.6 Å². The van der Waals surface area contributed by atoms with Gasteiger partial charge < -0.3 is 14.2 Å². The van der Waals surface area contributed by atoms with Crippen LogP contribution in [0.5, 0.6) is 0 Å². The summed E-state index contributed by atoms with van der Waals surface area (Å²) in [5.74, 6) is -1.05. The van der Waals surface area contributed by atoms with Crippen molar-refractivity contribution in [3.8, 4) is 0 Å². The van der Waals surface area contributed by atoms with Gasteiger partial charge in [-0.3, -0.25) is 14.4 Å². The van der Waals surface area contributed by atoms with Crippen LogP contribution >= 0.6 is 0 Å². The second kappa shape index (κ2) is 60.3. The monoisotopic (exact) mass is 1020 g/mol. The molecule has 0 N–H and O–H groups in total. The maximum atomic E-state index is 12.8. The van der Waals surface area contributed by atoms with Crippen LogP contribution in [0.4, 0.5) is 0 Å². The first-order valence-electron chi connectivity index (χ1n) is 29.1. The van der Waals surface area contributed by atoms with Gasteiger partial charge in [-0.05, 0) is 148 Å². The molecule has 0 bridgehead atoms. The number of allylic oxidation sites excluding steroid dienone is 28. The van der Waals surface area contributed by atoms with Crippen LogP contribution in [0.1, 0.15) is 220 Å². The summed E-state index contributed by atoms with van der Waals surface area (Å²) >= 11 is 0. The Bertz CT molecular complexity index is 1740. The maximum absolute atomic E-state index is 12.8. The molecule has 0 spiro atoms. The third-order valence-electron chi connectivity index (χ3n) is 11.4. The van der Waals surface area contributed by atoms with Crippen LogP contribution in [-0.4, -0.2) is 37.2 Å². The van der Waals surface area contributed by atoms with Crippen molar-refractivity contribution in [3.05, 3.63) is 170 Å². The van der Waals surface area contributed by atoms with Crippen molar-refractivity contribution in [1.29, 1.82) is 0 Å². The van der Waals surface area contributed by atoms with E-state index in [-0.39, 0.29) is 44.0 Å². The Morgan fingerprint density at radius 3 is 0.919 bits per heavy atom. The summed E-state index contributed by atoms with van der Waals surface area (Å²) < 4.78 is 16.7. The van der Waals surface area contributed by atoms with E-state index in [9.17, 15) is 14.4 Å². The summed E-state index contributed by atoms with van der Waals surface area (Å²) in [4.78, 5) is 38.1. The fourth-order valence-corrected chi connectivity index (χ4v) is 7.13. The molecule has 6 nitrogen and oxygen atoms in total. The van der Waals surface area contributed by atoms with E-state index in [2.05, 4.69) is 191 Å². The normalized spacial score (nSPS) is 13.4. The molecule has 0 saturated heterocycles. The number of hydrogen-bond acceptors (Lipinski definition) is 6. The van der Waals surface area contributed by atoms with Gasteiger partial charge in [0.25, 0.3) is 0 Å². The number of esters is 3. The minimum atomic E-state index is -0.835. The molecule has 0 amide bonds. The molecule has 6 heteroatoms. The van der Waals surface area contributed by atoms with E-state index >= 15 is 0 Å². The Morgan fingerprint density at radius 1 is 0.284 bits per heavy atom. The number of rotatable bonds is 50. The molecule has 0 saturated carbocycles. The highest BCUT2D eigenvalue weighted by Crippen LogP contribution is 2.12. The number of carbonyl (C=O) groups excluding carboxylic acids is 3. The standard InChI is InChI=1S/C68H104O6/c1-4-7-10-13-16-19-22-25-27-28-29-30-31-32-33-34-35-36-37-38-39-40-42-43-46-49-52-55-58-61-67(70)73-64-65(63-72-66(69)60-57-54-51-48-45-24-21-18-15-12-9-6-3)74-68(71)62-59-56-53-50-47-44-41-26-23-20-17-14-11-8-5-2/h7-8,10-11,16-21,25-27,29-30,32-33,35-36,38-39,41-43,47,49-50,52,65H,4-6,9,12-15,22-24,28,31,34,37,40,44-46,48,51,53-64H2,1-3H3/b10-7-,11-8-,19-16-,20-17-,21-18-,27-25-,30-29-,33-32-,36-35-,39-38-,41-26-,43-42-,50-47-,52-49-. The fourth-order valence-electron chi connectivity index (χ4n) is 7.13. The number of carbonyl (C=O) groups is 3. The topological polar surface area (TPSA) is 78.9 Å². The van der Waals surface area contributed by atoms with Crippen molar-refractivity contribution < 1.29 is 28.6 Å². The summed E-state index contributed by atoms with van der Waals surface area (Å²) in [5.41, 5.74) is 0. The van der Waals surface area contributed by atoms with Crippen molar-refractivity contribution in [2.24, 2.45) is 0 Å². The van der Waals surface area contributed by atoms with Crippen LogP contribution in [0, 0.1) is 0 Å². The van der Waals surface area contributed by atoms with Crippen LogP contribution in [0.3, 0.4) is 0 Å². The van der Waals surface area contributed by atoms with Crippen LogP contribution < -0.4 is 0 Å². The van der Waals surface area contributed by atoms with E-state index in [0.29, 0.717) is 19.3 Å². The summed E-state index contributed by atoms with van der Waals surface area (Å²) in [6.07, 6.45) is 89.3. The number of hydrogen-bond donors (Lipinski definition) is 0. The molecule has 412 valence electrons. The molecule has 0 aromatic rings. The van der Waals surface area contributed by atoms with Gasteiger partial charge in [0.1, 0.15) is 13.2 Å². The van der Waals surface area contributed by atoms with Crippen LogP contribution in [0.2, 0.25) is 0 Å². The van der Waals surface area contributed by atoms with Gasteiger partial charge in [-0.2, -0.15) is 0 Å². The minimum Gasteiger partial charge on any atom is -0.462 e. The van der Waals surface area contributed by atoms with E-state index < -0.39 is 6.10 Å². The highest BCUT2D eigenvalue weighted by molar-refractivity contribution is 5.71.